The van der Waals surface area contributed by atoms with E-state index in [0.717, 1.165) is 0 Å². The number of nitrogens with zero attached hydrogens (tertiary/aromatic N) is 1. The summed E-state index contributed by atoms with van der Waals surface area (Å²) in [5.41, 5.74) is 1.99. The van der Waals surface area contributed by atoms with E-state index in [1.165, 1.54) is 38.0 Å². The Balaban J connectivity index is 1.87. The Morgan fingerprint density at radius 3 is 2.75 bits per heavy atom. The van der Waals surface area contributed by atoms with Gasteiger partial charge in [0.15, 0.2) is 0 Å². The van der Waals surface area contributed by atoms with E-state index in [2.05, 4.69) is 47.6 Å². The third-order valence-corrected chi connectivity index (χ3v) is 4.21. The first-order chi connectivity index (χ1) is 7.82. The average Bonchev–Trinajstić information content (AvgIpc) is 2.31. The fourth-order valence-corrected chi connectivity index (χ4v) is 3.63. The normalized spacial score (nSPS) is 34.9. The molecule has 1 spiro atoms. The second-order valence-electron chi connectivity index (χ2n) is 5.37. The van der Waals surface area contributed by atoms with Crippen LogP contribution < -0.4 is 5.32 Å². The predicted octanol–water partition coefficient (Wildman–Crippen LogP) is 2.04. The number of nitrogens with one attached hydrogen (secondary N) is 1. The zero-order valence-electron chi connectivity index (χ0n) is 9.95. The van der Waals surface area contributed by atoms with Crippen LogP contribution in [0, 0.1) is 5.41 Å². The fraction of sp³-hybridized carbons (Fsp3) is 0.571. The van der Waals surface area contributed by atoms with E-state index in [9.17, 15) is 0 Å². The van der Waals surface area contributed by atoms with E-state index in [1.807, 2.05) is 0 Å². The van der Waals surface area contributed by atoms with E-state index in [1.54, 1.807) is 0 Å². The summed E-state index contributed by atoms with van der Waals surface area (Å²) in [4.78, 5) is 2.49. The van der Waals surface area contributed by atoms with Crippen LogP contribution >= 0.6 is 0 Å². The number of likely N-dealkylation sites (tertiary alicyclic amines) is 1. The Hall–Kier alpha value is -0.860. The van der Waals surface area contributed by atoms with E-state index >= 15 is 0 Å². The summed E-state index contributed by atoms with van der Waals surface area (Å²) in [6.07, 6.45) is 2.71. The van der Waals surface area contributed by atoms with Crippen molar-refractivity contribution >= 4 is 0 Å². The molecule has 1 N–H and O–H groups in total. The molecule has 0 aliphatic carbocycles. The van der Waals surface area contributed by atoms with Crippen LogP contribution in [0.5, 0.6) is 0 Å². The molecule has 0 saturated carbocycles. The van der Waals surface area contributed by atoms with Crippen LogP contribution in [0.4, 0.5) is 0 Å². The largest absolute Gasteiger partial charge is 0.316 e. The van der Waals surface area contributed by atoms with Gasteiger partial charge in [0.05, 0.1) is 0 Å². The van der Waals surface area contributed by atoms with Gasteiger partial charge in [-0.25, -0.2) is 0 Å². The van der Waals surface area contributed by atoms with Gasteiger partial charge in [0.25, 0.3) is 0 Å². The van der Waals surface area contributed by atoms with Crippen molar-refractivity contribution in [2.45, 2.75) is 18.9 Å². The zero-order chi connectivity index (χ0) is 11.0. The quantitative estimate of drug-likeness (QED) is 0.773. The molecular weight excluding hydrogens is 196 g/mol. The highest BCUT2D eigenvalue weighted by Gasteiger charge is 2.51. The molecule has 2 aliphatic heterocycles. The Kier molecular flexibility index (Phi) is 2.49. The van der Waals surface area contributed by atoms with Gasteiger partial charge < -0.3 is 5.32 Å². The van der Waals surface area contributed by atoms with Crippen LogP contribution in [0.3, 0.4) is 0 Å². The van der Waals surface area contributed by atoms with Gasteiger partial charge in [-0.05, 0) is 32.0 Å². The standard InChI is InChI=1S/C14H20N2/c1-16-11-14(8-5-9-15-10-14)13(16)12-6-3-2-4-7-12/h2-4,6-7,13,15H,5,8-11H2,1H3. The van der Waals surface area contributed by atoms with E-state index in [0.29, 0.717) is 11.5 Å². The minimum atomic E-state index is 0.508. The number of hydrogen-bond donors (Lipinski definition) is 1. The van der Waals surface area contributed by atoms with Gasteiger partial charge in [0, 0.05) is 24.5 Å². The molecule has 2 nitrogen and oxygen atoms in total. The smallest absolute Gasteiger partial charge is 0.0426 e. The van der Waals surface area contributed by atoms with Crippen molar-refractivity contribution < 1.29 is 0 Å². The van der Waals surface area contributed by atoms with Crippen molar-refractivity contribution in [3.63, 3.8) is 0 Å². The lowest BCUT2D eigenvalue weighted by molar-refractivity contribution is -0.0741. The molecule has 2 heterocycles. The monoisotopic (exact) mass is 216 g/mol. The summed E-state index contributed by atoms with van der Waals surface area (Å²) in [5.74, 6) is 0. The summed E-state index contributed by atoms with van der Waals surface area (Å²) < 4.78 is 0. The van der Waals surface area contributed by atoms with Crippen LogP contribution in [0.15, 0.2) is 30.3 Å². The minimum Gasteiger partial charge on any atom is -0.316 e. The first kappa shape index (κ1) is 10.3. The van der Waals surface area contributed by atoms with Gasteiger partial charge in [-0.15, -0.1) is 0 Å². The van der Waals surface area contributed by atoms with Crippen molar-refractivity contribution in [1.82, 2.24) is 10.2 Å². The molecule has 3 rings (SSSR count). The highest BCUT2D eigenvalue weighted by Crippen LogP contribution is 2.51. The van der Waals surface area contributed by atoms with Crippen molar-refractivity contribution in [3.8, 4) is 0 Å². The summed E-state index contributed by atoms with van der Waals surface area (Å²) in [6, 6.07) is 11.6. The van der Waals surface area contributed by atoms with E-state index in [4.69, 9.17) is 0 Å². The Morgan fingerprint density at radius 1 is 1.31 bits per heavy atom. The van der Waals surface area contributed by atoms with Crippen LogP contribution in [0.1, 0.15) is 24.4 Å². The highest BCUT2D eigenvalue weighted by atomic mass is 15.2. The summed E-state index contributed by atoms with van der Waals surface area (Å²) in [6.45, 7) is 3.64. The number of rotatable bonds is 1. The molecule has 2 saturated heterocycles. The van der Waals surface area contributed by atoms with E-state index < -0.39 is 0 Å². The molecule has 1 aromatic carbocycles. The molecule has 0 aromatic heterocycles. The molecule has 0 radical (unpaired) electrons. The molecule has 2 fully saturated rings. The Labute approximate surface area is 97.6 Å². The SMILES string of the molecule is CN1CC2(CCCNC2)C1c1ccccc1. The van der Waals surface area contributed by atoms with Gasteiger partial charge in [0.2, 0.25) is 0 Å². The average molecular weight is 216 g/mol. The third kappa shape index (κ3) is 1.48. The second kappa shape index (κ2) is 3.86. The zero-order valence-corrected chi connectivity index (χ0v) is 9.95. The maximum atomic E-state index is 3.57. The maximum absolute atomic E-state index is 3.57. The first-order valence-corrected chi connectivity index (χ1v) is 6.28. The predicted molar refractivity (Wildman–Crippen MR) is 66.3 cm³/mol. The lowest BCUT2D eigenvalue weighted by Crippen LogP contribution is -2.62. The summed E-state index contributed by atoms with van der Waals surface area (Å²) in [7, 11) is 2.25. The van der Waals surface area contributed by atoms with Crippen molar-refractivity contribution in [1.29, 1.82) is 0 Å². The molecular formula is C14H20N2. The van der Waals surface area contributed by atoms with Crippen LogP contribution in [-0.2, 0) is 0 Å². The van der Waals surface area contributed by atoms with Crippen LogP contribution in [0.2, 0.25) is 0 Å². The minimum absolute atomic E-state index is 0.508. The van der Waals surface area contributed by atoms with Gasteiger partial charge in [0.1, 0.15) is 0 Å². The number of piperidine rings is 1. The molecule has 1 aromatic rings. The van der Waals surface area contributed by atoms with Gasteiger partial charge >= 0.3 is 0 Å². The van der Waals surface area contributed by atoms with Crippen molar-refractivity contribution in [3.05, 3.63) is 35.9 Å². The lowest BCUT2D eigenvalue weighted by Gasteiger charge is -2.58. The van der Waals surface area contributed by atoms with Crippen molar-refractivity contribution in [2.75, 3.05) is 26.7 Å². The molecule has 2 atom stereocenters. The van der Waals surface area contributed by atoms with E-state index in [-0.39, 0.29) is 0 Å². The Bertz CT molecular complexity index is 349. The Morgan fingerprint density at radius 2 is 2.12 bits per heavy atom. The van der Waals surface area contributed by atoms with Crippen LogP contribution in [0.25, 0.3) is 0 Å². The molecule has 2 unspecified atom stereocenters. The summed E-state index contributed by atoms with van der Waals surface area (Å²) >= 11 is 0. The summed E-state index contributed by atoms with van der Waals surface area (Å²) in [5, 5.41) is 3.57. The lowest BCUT2D eigenvalue weighted by atomic mass is 9.65. The second-order valence-corrected chi connectivity index (χ2v) is 5.37. The molecule has 0 amide bonds. The molecule has 0 bridgehead atoms. The van der Waals surface area contributed by atoms with Crippen molar-refractivity contribution in [2.24, 2.45) is 5.41 Å². The topological polar surface area (TPSA) is 15.3 Å². The van der Waals surface area contributed by atoms with Crippen LogP contribution in [-0.4, -0.2) is 31.6 Å². The number of benzene rings is 1. The fourth-order valence-electron chi connectivity index (χ4n) is 3.63. The highest BCUT2D eigenvalue weighted by molar-refractivity contribution is 5.26. The number of hydrogen-bond acceptors (Lipinski definition) is 2. The molecule has 86 valence electrons. The molecule has 16 heavy (non-hydrogen) atoms. The van der Waals surface area contributed by atoms with Gasteiger partial charge in [-0.1, -0.05) is 30.3 Å². The molecule has 2 aliphatic rings. The molecule has 2 heteroatoms. The third-order valence-electron chi connectivity index (χ3n) is 4.21. The van der Waals surface area contributed by atoms with Gasteiger partial charge in [-0.3, -0.25) is 4.90 Å². The first-order valence-electron chi connectivity index (χ1n) is 6.28. The maximum Gasteiger partial charge on any atom is 0.0426 e. The van der Waals surface area contributed by atoms with Gasteiger partial charge in [-0.2, -0.15) is 0 Å².